The number of nitrogens with zero attached hydrogens (tertiary/aromatic N) is 3. The number of rotatable bonds is 6. The van der Waals surface area contributed by atoms with Gasteiger partial charge in [0.1, 0.15) is 18.3 Å². The summed E-state index contributed by atoms with van der Waals surface area (Å²) in [5.41, 5.74) is 2.26. The highest BCUT2D eigenvalue weighted by molar-refractivity contribution is 6.09. The highest BCUT2D eigenvalue weighted by Crippen LogP contribution is 2.46. The van der Waals surface area contributed by atoms with Gasteiger partial charge < -0.3 is 10.4 Å². The van der Waals surface area contributed by atoms with Gasteiger partial charge in [-0.15, -0.1) is 0 Å². The zero-order valence-corrected chi connectivity index (χ0v) is 19.2. The number of hydrogen-bond acceptors (Lipinski definition) is 7. The number of aliphatic carboxylic acids is 1. The Morgan fingerprint density at radius 2 is 1.75 bits per heavy atom. The molecule has 0 radical (unpaired) electrons. The summed E-state index contributed by atoms with van der Waals surface area (Å²) in [4.78, 5) is 61.3. The number of anilines is 2. The molecule has 0 spiro atoms. The third-order valence-electron chi connectivity index (χ3n) is 6.13. The molecule has 0 unspecified atom stereocenters. The van der Waals surface area contributed by atoms with Crippen molar-refractivity contribution in [1.29, 1.82) is 0 Å². The molecule has 2 aliphatic rings. The second kappa shape index (κ2) is 9.23. The van der Waals surface area contributed by atoms with E-state index in [0.29, 0.717) is 27.5 Å². The number of aryl methyl sites for hydroxylation is 1. The molecule has 182 valence electrons. The Balaban J connectivity index is 1.51. The van der Waals surface area contributed by atoms with E-state index >= 15 is 0 Å². The highest BCUT2D eigenvalue weighted by Gasteiger charge is 2.60. The lowest BCUT2D eigenvalue weighted by Gasteiger charge is -2.28. The molecule has 2 aliphatic heterocycles. The number of likely N-dealkylation sites (tertiary alicyclic amines) is 1. The highest BCUT2D eigenvalue weighted by atomic mass is 16.7. The van der Waals surface area contributed by atoms with Gasteiger partial charge in [0.15, 0.2) is 6.10 Å². The lowest BCUT2D eigenvalue weighted by molar-refractivity contribution is -0.151. The molecule has 0 bridgehead atoms. The van der Waals surface area contributed by atoms with Crippen molar-refractivity contribution in [2.45, 2.75) is 19.1 Å². The largest absolute Gasteiger partial charge is 0.480 e. The average molecular weight is 486 g/mol. The lowest BCUT2D eigenvalue weighted by atomic mass is 9.89. The van der Waals surface area contributed by atoms with E-state index in [0.717, 1.165) is 5.69 Å². The van der Waals surface area contributed by atoms with Gasteiger partial charge in [-0.3, -0.25) is 28.9 Å². The fourth-order valence-electron chi connectivity index (χ4n) is 4.57. The third-order valence-corrected chi connectivity index (χ3v) is 6.13. The van der Waals surface area contributed by atoms with E-state index in [-0.39, 0.29) is 0 Å². The summed E-state index contributed by atoms with van der Waals surface area (Å²) >= 11 is 0. The maximum absolute atomic E-state index is 13.2. The van der Waals surface area contributed by atoms with Crippen molar-refractivity contribution in [2.75, 3.05) is 16.9 Å². The Hall–Kier alpha value is -4.57. The van der Waals surface area contributed by atoms with Crippen LogP contribution >= 0.6 is 0 Å². The molecule has 3 aromatic rings. The van der Waals surface area contributed by atoms with Crippen LogP contribution in [0.15, 0.2) is 72.8 Å². The summed E-state index contributed by atoms with van der Waals surface area (Å²) in [5, 5.41) is 13.4. The fourth-order valence-corrected chi connectivity index (χ4v) is 4.57. The van der Waals surface area contributed by atoms with E-state index in [1.165, 1.54) is 5.06 Å². The van der Waals surface area contributed by atoms with Crippen molar-refractivity contribution < 1.29 is 29.1 Å². The minimum absolute atomic E-state index is 0.325. The quantitative estimate of drug-likeness (QED) is 0.509. The van der Waals surface area contributed by atoms with Crippen LogP contribution in [0.4, 0.5) is 11.5 Å². The van der Waals surface area contributed by atoms with Crippen LogP contribution in [0.1, 0.15) is 27.7 Å². The molecule has 3 heterocycles. The molecule has 0 saturated carbocycles. The smallest absolute Gasteiger partial charge is 0.323 e. The Morgan fingerprint density at radius 3 is 2.47 bits per heavy atom. The number of amides is 3. The fraction of sp³-hybridized carbons (Fsp3) is 0.192. The van der Waals surface area contributed by atoms with Gasteiger partial charge in [-0.2, -0.15) is 0 Å². The minimum atomic E-state index is -1.29. The maximum atomic E-state index is 13.2. The van der Waals surface area contributed by atoms with Crippen LogP contribution in [0.3, 0.4) is 0 Å². The Morgan fingerprint density at radius 1 is 1.00 bits per heavy atom. The summed E-state index contributed by atoms with van der Waals surface area (Å²) in [6.07, 6.45) is -1.17. The number of carboxylic acid groups (broad SMARTS) is 1. The summed E-state index contributed by atoms with van der Waals surface area (Å²) in [6, 6.07) is 20.2. The molecule has 3 amide bonds. The number of hydroxylamine groups is 1. The monoisotopic (exact) mass is 486 g/mol. The molecule has 2 fully saturated rings. The number of imide groups is 1. The van der Waals surface area contributed by atoms with Gasteiger partial charge in [0.05, 0.1) is 11.7 Å². The number of carboxylic acids is 1. The number of para-hydroxylation sites is 1. The molecule has 0 aliphatic carbocycles. The van der Waals surface area contributed by atoms with E-state index in [9.17, 15) is 24.3 Å². The lowest BCUT2D eigenvalue weighted by Crippen LogP contribution is -2.40. The van der Waals surface area contributed by atoms with Gasteiger partial charge in [0.25, 0.3) is 11.8 Å². The molecule has 2 saturated heterocycles. The van der Waals surface area contributed by atoms with Gasteiger partial charge in [-0.05, 0) is 48.9 Å². The molecule has 36 heavy (non-hydrogen) atoms. The number of benzene rings is 2. The first kappa shape index (κ1) is 23.2. The molecular weight excluding hydrogens is 464 g/mol. The molecule has 1 aromatic heterocycles. The third kappa shape index (κ3) is 4.18. The van der Waals surface area contributed by atoms with Crippen molar-refractivity contribution in [3.05, 3.63) is 89.6 Å². The molecule has 3 atom stereocenters. The van der Waals surface area contributed by atoms with Crippen LogP contribution in [-0.2, 0) is 19.2 Å². The number of nitrogens with one attached hydrogen (secondary N) is 1. The first-order valence-electron chi connectivity index (χ1n) is 11.3. The van der Waals surface area contributed by atoms with Crippen molar-refractivity contribution in [3.8, 4) is 0 Å². The Labute approximate surface area is 206 Å². The number of carbonyl (C=O) groups excluding carboxylic acids is 3. The normalized spacial score (nSPS) is 21.0. The predicted octanol–water partition coefficient (Wildman–Crippen LogP) is 2.57. The van der Waals surface area contributed by atoms with Gasteiger partial charge in [0.2, 0.25) is 5.91 Å². The van der Waals surface area contributed by atoms with Crippen molar-refractivity contribution in [1.82, 2.24) is 9.88 Å². The van der Waals surface area contributed by atoms with E-state index in [1.54, 1.807) is 60.7 Å². The summed E-state index contributed by atoms with van der Waals surface area (Å²) < 4.78 is 0. The van der Waals surface area contributed by atoms with Gasteiger partial charge in [0, 0.05) is 11.3 Å². The van der Waals surface area contributed by atoms with Crippen molar-refractivity contribution in [2.24, 2.45) is 5.92 Å². The SMILES string of the molecule is Cc1cccc(NC(=O)c2cccc([C@@H]3[C@H]4C(=O)N(CC(=O)O)C(=O)[C@H]4ON3c3ccccc3)c2)n1. The predicted molar refractivity (Wildman–Crippen MR) is 128 cm³/mol. The number of hydrogen-bond donors (Lipinski definition) is 2. The maximum Gasteiger partial charge on any atom is 0.323 e. The second-order valence-corrected chi connectivity index (χ2v) is 8.56. The van der Waals surface area contributed by atoms with E-state index in [2.05, 4.69) is 10.3 Å². The Kier molecular flexibility index (Phi) is 5.95. The zero-order valence-electron chi connectivity index (χ0n) is 19.2. The number of pyridine rings is 1. The first-order valence-corrected chi connectivity index (χ1v) is 11.3. The topological polar surface area (TPSA) is 129 Å². The van der Waals surface area contributed by atoms with Crippen LogP contribution in [-0.4, -0.2) is 51.3 Å². The minimum Gasteiger partial charge on any atom is -0.480 e. The van der Waals surface area contributed by atoms with Crippen LogP contribution < -0.4 is 10.4 Å². The van der Waals surface area contributed by atoms with E-state index in [1.807, 2.05) is 19.1 Å². The van der Waals surface area contributed by atoms with Crippen LogP contribution in [0, 0.1) is 12.8 Å². The number of fused-ring (bicyclic) bond motifs is 1. The Bertz CT molecular complexity index is 1360. The molecule has 5 rings (SSSR count). The number of carbonyl (C=O) groups is 4. The van der Waals surface area contributed by atoms with Gasteiger partial charge in [-0.1, -0.05) is 36.4 Å². The van der Waals surface area contributed by atoms with Crippen molar-refractivity contribution in [3.63, 3.8) is 0 Å². The van der Waals surface area contributed by atoms with Crippen LogP contribution in [0.5, 0.6) is 0 Å². The molecule has 10 heteroatoms. The summed E-state index contributed by atoms with van der Waals surface area (Å²) in [6.45, 7) is 1.08. The zero-order chi connectivity index (χ0) is 25.4. The van der Waals surface area contributed by atoms with Gasteiger partial charge >= 0.3 is 5.97 Å². The van der Waals surface area contributed by atoms with E-state index < -0.39 is 48.3 Å². The molecule has 2 aromatic carbocycles. The standard InChI is InChI=1S/C26H22N4O6/c1-15-7-5-12-19(27-15)28-24(33)17-9-6-8-16(13-17)22-21-23(26(35)29(25(21)34)14-20(31)32)36-30(22)18-10-3-2-4-11-18/h2-13,21-23H,14H2,1H3,(H,31,32)(H,27,28,33)/t21-,22-,23+/m1/s1. The summed E-state index contributed by atoms with van der Waals surface area (Å²) in [7, 11) is 0. The van der Waals surface area contributed by atoms with Crippen LogP contribution in [0.2, 0.25) is 0 Å². The molecular formula is C26H22N4O6. The van der Waals surface area contributed by atoms with E-state index in [4.69, 9.17) is 4.84 Å². The number of aromatic nitrogens is 1. The summed E-state index contributed by atoms with van der Waals surface area (Å²) in [5.74, 6) is -3.59. The van der Waals surface area contributed by atoms with Crippen LogP contribution in [0.25, 0.3) is 0 Å². The van der Waals surface area contributed by atoms with Gasteiger partial charge in [-0.25, -0.2) is 10.0 Å². The first-order chi connectivity index (χ1) is 17.3. The average Bonchev–Trinajstić information content (AvgIpc) is 3.36. The second-order valence-electron chi connectivity index (χ2n) is 8.56. The molecule has 10 nitrogen and oxygen atoms in total. The molecule has 2 N–H and O–H groups in total. The van der Waals surface area contributed by atoms with Crippen molar-refractivity contribution >= 4 is 35.2 Å².